The highest BCUT2D eigenvalue weighted by molar-refractivity contribution is 8.26. The Hall–Kier alpha value is -2.97. The van der Waals surface area contributed by atoms with Crippen molar-refractivity contribution in [2.45, 2.75) is 19.9 Å². The monoisotopic (exact) mass is 517 g/mol. The Balaban J connectivity index is 1.82. The van der Waals surface area contributed by atoms with Crippen LogP contribution >= 0.6 is 35.6 Å². The summed E-state index contributed by atoms with van der Waals surface area (Å²) in [5, 5.41) is 20.6. The van der Waals surface area contributed by atoms with Crippen molar-refractivity contribution in [1.82, 2.24) is 9.47 Å². The van der Waals surface area contributed by atoms with E-state index in [1.54, 1.807) is 36.4 Å². The maximum atomic E-state index is 13.0. The number of methoxy groups -OCH3 is 1. The van der Waals surface area contributed by atoms with E-state index in [1.807, 2.05) is 0 Å². The molecular formula is C23H20ClN3O5S2. The number of nitriles is 1. The number of ether oxygens (including phenoxy) is 1. The lowest BCUT2D eigenvalue weighted by atomic mass is 10.00. The second-order valence-corrected chi connectivity index (χ2v) is 9.43. The van der Waals surface area contributed by atoms with Crippen molar-refractivity contribution in [1.29, 1.82) is 5.26 Å². The lowest BCUT2D eigenvalue weighted by molar-refractivity contribution is -0.122. The molecule has 1 fully saturated rings. The minimum atomic E-state index is -0.699. The lowest BCUT2D eigenvalue weighted by Crippen LogP contribution is -2.31. The van der Waals surface area contributed by atoms with Crippen LogP contribution in [0.5, 0.6) is 5.88 Å². The summed E-state index contributed by atoms with van der Waals surface area (Å²) >= 11 is 12.3. The first-order chi connectivity index (χ1) is 16.2. The Kier molecular flexibility index (Phi) is 8.28. The maximum Gasteiger partial charge on any atom is 0.271 e. The van der Waals surface area contributed by atoms with Gasteiger partial charge in [0.05, 0.1) is 23.6 Å². The molecule has 0 radical (unpaired) electrons. The molecule has 11 heteroatoms. The van der Waals surface area contributed by atoms with Crippen molar-refractivity contribution < 1.29 is 19.4 Å². The summed E-state index contributed by atoms with van der Waals surface area (Å²) in [7, 11) is 1.43. The number of carbonyl (C=O) groups is 2. The van der Waals surface area contributed by atoms with E-state index in [9.17, 15) is 24.8 Å². The molecule has 0 bridgehead atoms. The number of amides is 1. The van der Waals surface area contributed by atoms with E-state index in [-0.39, 0.29) is 48.7 Å². The summed E-state index contributed by atoms with van der Waals surface area (Å²) in [5.74, 6) is -1.38. The van der Waals surface area contributed by atoms with E-state index in [0.717, 1.165) is 21.9 Å². The molecule has 1 amide bonds. The van der Waals surface area contributed by atoms with Crippen LogP contribution in [-0.2, 0) is 16.1 Å². The van der Waals surface area contributed by atoms with E-state index in [2.05, 4.69) is 0 Å². The number of hydrogen-bond donors (Lipinski definition) is 1. The zero-order chi connectivity index (χ0) is 25.0. The molecule has 1 aliphatic heterocycles. The van der Waals surface area contributed by atoms with E-state index in [1.165, 1.54) is 18.9 Å². The average Bonchev–Trinajstić information content (AvgIpc) is 3.06. The lowest BCUT2D eigenvalue weighted by Gasteiger charge is -2.17. The normalized spacial score (nSPS) is 14.6. The van der Waals surface area contributed by atoms with Gasteiger partial charge in [0.15, 0.2) is 5.78 Å². The Morgan fingerprint density at radius 1 is 1.29 bits per heavy atom. The smallest absolute Gasteiger partial charge is 0.271 e. The number of halogens is 1. The van der Waals surface area contributed by atoms with Gasteiger partial charge in [-0.05, 0) is 36.3 Å². The first-order valence-corrected chi connectivity index (χ1v) is 11.7. The van der Waals surface area contributed by atoms with Crippen LogP contribution < -0.4 is 5.56 Å². The van der Waals surface area contributed by atoms with Crippen molar-refractivity contribution in [2.24, 2.45) is 0 Å². The zero-order valence-electron chi connectivity index (χ0n) is 18.3. The Morgan fingerprint density at radius 3 is 2.59 bits per heavy atom. The molecule has 0 spiro atoms. The molecule has 1 saturated heterocycles. The molecule has 2 aromatic rings. The molecule has 176 valence electrons. The molecule has 34 heavy (non-hydrogen) atoms. The molecule has 0 unspecified atom stereocenters. The summed E-state index contributed by atoms with van der Waals surface area (Å²) in [6.07, 6.45) is 1.53. The van der Waals surface area contributed by atoms with Crippen LogP contribution in [0.1, 0.15) is 33.5 Å². The molecule has 3 rings (SSSR count). The van der Waals surface area contributed by atoms with Crippen molar-refractivity contribution in [3.63, 3.8) is 0 Å². The summed E-state index contributed by atoms with van der Waals surface area (Å²) in [6, 6.07) is 8.77. The van der Waals surface area contributed by atoms with Crippen molar-refractivity contribution >= 4 is 57.7 Å². The fourth-order valence-electron chi connectivity index (χ4n) is 3.42. The average molecular weight is 518 g/mol. The van der Waals surface area contributed by atoms with Crippen LogP contribution in [0.4, 0.5) is 0 Å². The van der Waals surface area contributed by atoms with Gasteiger partial charge in [-0.15, -0.1) is 0 Å². The quantitative estimate of drug-likeness (QED) is 0.321. The summed E-state index contributed by atoms with van der Waals surface area (Å²) in [4.78, 5) is 40.1. The number of carbonyl (C=O) groups excluding carboxylic acids is 2. The van der Waals surface area contributed by atoms with Crippen LogP contribution in [0.25, 0.3) is 6.08 Å². The van der Waals surface area contributed by atoms with Crippen molar-refractivity contribution in [3.8, 4) is 11.9 Å². The molecule has 1 N–H and O–H groups in total. The molecule has 0 aliphatic carbocycles. The molecule has 0 atom stereocenters. The number of benzene rings is 1. The molecule has 1 aliphatic rings. The first-order valence-electron chi connectivity index (χ1n) is 10.1. The molecule has 0 saturated carbocycles. The highest BCUT2D eigenvalue weighted by atomic mass is 35.5. The number of thioether (sulfide) groups is 1. The molecule has 2 heterocycles. The topological polar surface area (TPSA) is 113 Å². The Bertz CT molecular complexity index is 1300. The van der Waals surface area contributed by atoms with Gasteiger partial charge in [-0.3, -0.25) is 23.9 Å². The number of aromatic nitrogens is 1. The van der Waals surface area contributed by atoms with Crippen LogP contribution in [0.2, 0.25) is 5.02 Å². The van der Waals surface area contributed by atoms with Gasteiger partial charge in [0.25, 0.3) is 11.5 Å². The van der Waals surface area contributed by atoms with E-state index >= 15 is 0 Å². The number of thiocarbonyl (C=S) groups is 1. The van der Waals surface area contributed by atoms with Gasteiger partial charge in [0.1, 0.15) is 16.0 Å². The third-order valence-corrected chi connectivity index (χ3v) is 6.83. The first kappa shape index (κ1) is 25.6. The minimum absolute atomic E-state index is 0.0145. The van der Waals surface area contributed by atoms with E-state index in [4.69, 9.17) is 28.6 Å². The fourth-order valence-corrected chi connectivity index (χ4v) is 4.85. The highest BCUT2D eigenvalue weighted by Gasteiger charge is 2.33. The van der Waals surface area contributed by atoms with E-state index in [0.29, 0.717) is 14.2 Å². The van der Waals surface area contributed by atoms with E-state index < -0.39 is 17.2 Å². The second kappa shape index (κ2) is 11.0. The van der Waals surface area contributed by atoms with Crippen LogP contribution in [0, 0.1) is 18.3 Å². The Morgan fingerprint density at radius 2 is 1.97 bits per heavy atom. The van der Waals surface area contributed by atoms with Gasteiger partial charge in [-0.25, -0.2) is 0 Å². The molecular weight excluding hydrogens is 498 g/mol. The van der Waals surface area contributed by atoms with Gasteiger partial charge >= 0.3 is 0 Å². The van der Waals surface area contributed by atoms with Gasteiger partial charge in [-0.2, -0.15) is 5.26 Å². The van der Waals surface area contributed by atoms with Gasteiger partial charge in [0.2, 0.25) is 5.88 Å². The number of pyridine rings is 1. The van der Waals surface area contributed by atoms with Crippen LogP contribution in [0.15, 0.2) is 34.0 Å². The van der Waals surface area contributed by atoms with Gasteiger partial charge < -0.3 is 9.84 Å². The largest absolute Gasteiger partial charge is 0.494 e. The highest BCUT2D eigenvalue weighted by Crippen LogP contribution is 2.33. The van der Waals surface area contributed by atoms with Gasteiger partial charge in [-0.1, -0.05) is 47.7 Å². The number of aromatic hydroxyl groups is 1. The Labute approximate surface area is 210 Å². The molecule has 1 aromatic heterocycles. The third-order valence-electron chi connectivity index (χ3n) is 5.20. The number of nitrogens with zero attached hydrogens (tertiary/aromatic N) is 3. The third kappa shape index (κ3) is 5.23. The van der Waals surface area contributed by atoms with Crippen molar-refractivity contribution in [2.75, 3.05) is 20.3 Å². The minimum Gasteiger partial charge on any atom is -0.494 e. The van der Waals surface area contributed by atoms with Crippen molar-refractivity contribution in [3.05, 3.63) is 66.8 Å². The van der Waals surface area contributed by atoms with Crippen LogP contribution in [0.3, 0.4) is 0 Å². The number of hydrogen-bond acceptors (Lipinski definition) is 8. The number of ketones is 1. The van der Waals surface area contributed by atoms with Gasteiger partial charge in [0, 0.05) is 25.1 Å². The fraction of sp³-hybridized carbons (Fsp3) is 0.261. The zero-order valence-corrected chi connectivity index (χ0v) is 20.7. The number of rotatable bonds is 8. The second-order valence-electron chi connectivity index (χ2n) is 7.32. The molecule has 1 aromatic carbocycles. The number of Topliss-reactive ketones (excluding diaryl/α,β-unsaturated/α-hetero) is 1. The predicted octanol–water partition coefficient (Wildman–Crippen LogP) is 3.51. The molecule has 8 nitrogen and oxygen atoms in total. The maximum absolute atomic E-state index is 13.0. The van der Waals surface area contributed by atoms with Crippen LogP contribution in [-0.4, -0.2) is 50.8 Å². The standard InChI is InChI=1S/C23H20ClN3O5S2/c1-13-16(12-25)20(29)26(9-10-32-2)22(31)19(13)17(28)7-8-27-21(30)18(34-23(27)33)11-14-3-5-15(24)6-4-14/h3-6,11,31H,7-10H2,1-2H3/b18-11-. The summed E-state index contributed by atoms with van der Waals surface area (Å²) in [5.41, 5.74) is -0.181. The summed E-state index contributed by atoms with van der Waals surface area (Å²) < 4.78 is 6.19. The SMILES string of the molecule is COCCn1c(O)c(C(=O)CCN2C(=O)/C(=C/c3ccc(Cl)cc3)SC2=S)c(C)c(C#N)c1=O. The predicted molar refractivity (Wildman–Crippen MR) is 134 cm³/mol. The summed E-state index contributed by atoms with van der Waals surface area (Å²) in [6.45, 7) is 1.49.